The minimum atomic E-state index is -0.768. The Morgan fingerprint density at radius 1 is 1.36 bits per heavy atom. The molecule has 1 aromatic carbocycles. The van der Waals surface area contributed by atoms with Crippen LogP contribution in [0.1, 0.15) is 45.6 Å². The highest BCUT2D eigenvalue weighted by Crippen LogP contribution is 2.51. The molecular formula is C20H24FNO3. The van der Waals surface area contributed by atoms with Crippen molar-refractivity contribution in [1.82, 2.24) is 5.48 Å². The van der Waals surface area contributed by atoms with E-state index in [1.807, 2.05) is 44.2 Å². The third kappa shape index (κ3) is 4.37. The summed E-state index contributed by atoms with van der Waals surface area (Å²) >= 11 is 0. The van der Waals surface area contributed by atoms with Gasteiger partial charge >= 0.3 is 0 Å². The van der Waals surface area contributed by atoms with Gasteiger partial charge < -0.3 is 4.74 Å². The number of carbonyl (C=O) groups is 1. The molecule has 1 fully saturated rings. The minimum absolute atomic E-state index is 0.0227. The van der Waals surface area contributed by atoms with Crippen LogP contribution < -0.4 is 5.48 Å². The number of rotatable bonds is 7. The number of hydrogen-bond donors (Lipinski definition) is 2. The van der Waals surface area contributed by atoms with E-state index in [1.54, 1.807) is 6.92 Å². The fraction of sp³-hybridized carbons (Fsp3) is 0.350. The van der Waals surface area contributed by atoms with Crippen LogP contribution in [0, 0.1) is 0 Å². The van der Waals surface area contributed by atoms with Crippen LogP contribution in [0.4, 0.5) is 4.39 Å². The molecule has 0 atom stereocenters. The number of ether oxygens (including phenoxy) is 1. The quantitative estimate of drug-likeness (QED) is 0.248. The summed E-state index contributed by atoms with van der Waals surface area (Å²) in [6.45, 7) is 5.33. The van der Waals surface area contributed by atoms with Crippen molar-refractivity contribution < 1.29 is 19.1 Å². The Bertz CT molecular complexity index is 716. The molecule has 0 bridgehead atoms. The highest BCUT2D eigenvalue weighted by molar-refractivity contribution is 5.95. The number of benzene rings is 1. The van der Waals surface area contributed by atoms with Crippen LogP contribution in [-0.4, -0.2) is 11.1 Å². The van der Waals surface area contributed by atoms with Crippen molar-refractivity contribution in [3.8, 4) is 0 Å². The van der Waals surface area contributed by atoms with Gasteiger partial charge in [-0.25, -0.2) is 9.87 Å². The van der Waals surface area contributed by atoms with Gasteiger partial charge in [-0.1, -0.05) is 43.3 Å². The first kappa shape index (κ1) is 18.9. The molecule has 5 heteroatoms. The second-order valence-corrected chi connectivity index (χ2v) is 6.10. The summed E-state index contributed by atoms with van der Waals surface area (Å²) < 4.78 is 21.0. The van der Waals surface area contributed by atoms with Crippen molar-refractivity contribution in [3.05, 3.63) is 70.8 Å². The number of hydrogen-bond acceptors (Lipinski definition) is 3. The molecule has 1 aliphatic carbocycles. The summed E-state index contributed by atoms with van der Waals surface area (Å²) in [7, 11) is 0. The third-order valence-corrected chi connectivity index (χ3v) is 4.39. The molecule has 2 rings (SSSR count). The molecule has 1 aromatic rings. The number of amides is 1. The standard InChI is InChI=1S/C20H24FNO3/c1-4-14(3)18(17(21)13-15(5-2)19(23)22-24)25-20(11-12-20)16-9-7-6-8-10-16/h5-10,13,24H,4,11-12H2,1-3H3,(H,22,23)/b15-5+,17-13+,18-14-. The molecule has 1 saturated carbocycles. The van der Waals surface area contributed by atoms with Crippen LogP contribution in [-0.2, 0) is 15.1 Å². The van der Waals surface area contributed by atoms with E-state index in [-0.39, 0.29) is 11.3 Å². The van der Waals surface area contributed by atoms with E-state index in [1.165, 1.54) is 11.6 Å². The highest BCUT2D eigenvalue weighted by Gasteiger charge is 2.48. The molecule has 0 aliphatic heterocycles. The Morgan fingerprint density at radius 2 is 2.00 bits per heavy atom. The van der Waals surface area contributed by atoms with Gasteiger partial charge in [0, 0.05) is 5.57 Å². The van der Waals surface area contributed by atoms with Crippen LogP contribution in [0.2, 0.25) is 0 Å². The van der Waals surface area contributed by atoms with E-state index in [0.717, 1.165) is 30.1 Å². The van der Waals surface area contributed by atoms with Gasteiger partial charge in [0.1, 0.15) is 5.60 Å². The zero-order valence-electron chi connectivity index (χ0n) is 14.8. The minimum Gasteiger partial charge on any atom is -0.480 e. The molecule has 0 heterocycles. The maximum atomic E-state index is 14.9. The van der Waals surface area contributed by atoms with Crippen LogP contribution in [0.25, 0.3) is 0 Å². The van der Waals surface area contributed by atoms with Crippen molar-refractivity contribution in [2.45, 2.75) is 45.6 Å². The molecule has 1 amide bonds. The number of carbonyl (C=O) groups excluding carboxylic acids is 1. The number of allylic oxidation sites excluding steroid dienone is 3. The zero-order chi connectivity index (χ0) is 18.4. The Hall–Kier alpha value is -2.40. The van der Waals surface area contributed by atoms with E-state index in [9.17, 15) is 9.18 Å². The second kappa shape index (κ2) is 8.12. The van der Waals surface area contributed by atoms with Crippen molar-refractivity contribution in [2.24, 2.45) is 0 Å². The van der Waals surface area contributed by atoms with Crippen molar-refractivity contribution in [2.75, 3.05) is 0 Å². The van der Waals surface area contributed by atoms with Gasteiger partial charge in [-0.15, -0.1) is 0 Å². The smallest absolute Gasteiger partial charge is 0.274 e. The molecule has 0 unspecified atom stereocenters. The monoisotopic (exact) mass is 345 g/mol. The third-order valence-electron chi connectivity index (χ3n) is 4.39. The van der Waals surface area contributed by atoms with Crippen LogP contribution in [0.15, 0.2) is 65.2 Å². The van der Waals surface area contributed by atoms with E-state index < -0.39 is 17.3 Å². The Balaban J connectivity index is 2.34. The van der Waals surface area contributed by atoms with Crippen molar-refractivity contribution in [1.29, 1.82) is 0 Å². The van der Waals surface area contributed by atoms with Gasteiger partial charge in [-0.05, 0) is 50.3 Å². The van der Waals surface area contributed by atoms with Gasteiger partial charge in [-0.2, -0.15) is 0 Å². The molecular weight excluding hydrogens is 321 g/mol. The maximum absolute atomic E-state index is 14.9. The van der Waals surface area contributed by atoms with Crippen molar-refractivity contribution in [3.63, 3.8) is 0 Å². The molecule has 134 valence electrons. The topological polar surface area (TPSA) is 58.6 Å². The van der Waals surface area contributed by atoms with Gasteiger partial charge in [0.15, 0.2) is 11.6 Å². The predicted molar refractivity (Wildman–Crippen MR) is 94.3 cm³/mol. The summed E-state index contributed by atoms with van der Waals surface area (Å²) in [6.07, 6.45) is 4.77. The van der Waals surface area contributed by atoms with Gasteiger partial charge in [0.05, 0.1) is 0 Å². The van der Waals surface area contributed by atoms with E-state index in [4.69, 9.17) is 9.94 Å². The van der Waals surface area contributed by atoms with Crippen LogP contribution >= 0.6 is 0 Å². The lowest BCUT2D eigenvalue weighted by Crippen LogP contribution is -2.20. The molecule has 0 aromatic heterocycles. The Labute approximate surface area is 147 Å². The fourth-order valence-electron chi connectivity index (χ4n) is 2.55. The molecule has 2 N–H and O–H groups in total. The summed E-state index contributed by atoms with van der Waals surface area (Å²) in [5.41, 5.74) is 2.81. The maximum Gasteiger partial charge on any atom is 0.274 e. The average Bonchev–Trinajstić information content (AvgIpc) is 3.44. The van der Waals surface area contributed by atoms with Gasteiger partial charge in [0.2, 0.25) is 0 Å². The number of hydroxylamine groups is 1. The SMILES string of the molecule is C\C=C(/C=C(F)\C(OC1(c2ccccc2)CC1)=C(/C)CC)C(=O)NO. The van der Waals surface area contributed by atoms with E-state index in [2.05, 4.69) is 0 Å². The first-order valence-corrected chi connectivity index (χ1v) is 8.40. The summed E-state index contributed by atoms with van der Waals surface area (Å²) in [5, 5.41) is 8.75. The van der Waals surface area contributed by atoms with Crippen LogP contribution in [0.3, 0.4) is 0 Å². The highest BCUT2D eigenvalue weighted by atomic mass is 19.1. The van der Waals surface area contributed by atoms with Crippen LogP contribution in [0.5, 0.6) is 0 Å². The second-order valence-electron chi connectivity index (χ2n) is 6.10. The fourth-order valence-corrected chi connectivity index (χ4v) is 2.55. The number of halogens is 1. The molecule has 0 radical (unpaired) electrons. The first-order chi connectivity index (χ1) is 12.0. The molecule has 0 saturated heterocycles. The van der Waals surface area contributed by atoms with Crippen molar-refractivity contribution >= 4 is 5.91 Å². The number of nitrogens with one attached hydrogen (secondary N) is 1. The van der Waals surface area contributed by atoms with E-state index >= 15 is 0 Å². The van der Waals surface area contributed by atoms with Gasteiger partial charge in [-0.3, -0.25) is 10.0 Å². The van der Waals surface area contributed by atoms with E-state index in [0.29, 0.717) is 6.42 Å². The molecule has 1 aliphatic rings. The lowest BCUT2D eigenvalue weighted by atomic mass is 10.1. The lowest BCUT2D eigenvalue weighted by molar-refractivity contribution is -0.124. The van der Waals surface area contributed by atoms with Gasteiger partial charge in [0.25, 0.3) is 5.91 Å². The summed E-state index contributed by atoms with van der Waals surface area (Å²) in [6, 6.07) is 9.75. The Kier molecular flexibility index (Phi) is 6.15. The molecule has 25 heavy (non-hydrogen) atoms. The average molecular weight is 345 g/mol. The summed E-state index contributed by atoms with van der Waals surface area (Å²) in [5.74, 6) is -1.23. The Morgan fingerprint density at radius 3 is 2.48 bits per heavy atom. The molecule has 4 nitrogen and oxygen atoms in total. The largest absolute Gasteiger partial charge is 0.480 e. The predicted octanol–water partition coefficient (Wildman–Crippen LogP) is 4.68. The normalized spacial score (nSPS) is 17.6. The molecule has 0 spiro atoms. The lowest BCUT2D eigenvalue weighted by Gasteiger charge is -2.22. The first-order valence-electron chi connectivity index (χ1n) is 8.40. The summed E-state index contributed by atoms with van der Waals surface area (Å²) in [4.78, 5) is 11.6. The zero-order valence-corrected chi connectivity index (χ0v) is 14.8.